The molecule has 2 aromatic carbocycles. The summed E-state index contributed by atoms with van der Waals surface area (Å²) in [7, 11) is -0.655. The van der Waals surface area contributed by atoms with E-state index in [1.54, 1.807) is 31.4 Å². The highest BCUT2D eigenvalue weighted by molar-refractivity contribution is 6.74. The Kier molecular flexibility index (Phi) is 10.2. The summed E-state index contributed by atoms with van der Waals surface area (Å²) in [6.45, 7) is 12.7. The molecule has 0 aliphatic rings. The van der Waals surface area contributed by atoms with E-state index in [1.807, 2.05) is 20.0 Å². The molecule has 2 aromatic rings. The van der Waals surface area contributed by atoms with Gasteiger partial charge in [0.25, 0.3) is 0 Å². The summed E-state index contributed by atoms with van der Waals surface area (Å²) < 4.78 is 31.4. The van der Waals surface area contributed by atoms with Crippen LogP contribution in [-0.4, -0.2) is 39.2 Å². The van der Waals surface area contributed by atoms with Crippen LogP contribution in [0.15, 0.2) is 36.4 Å². The van der Waals surface area contributed by atoms with E-state index in [0.717, 1.165) is 0 Å². The molecule has 9 heteroatoms. The Morgan fingerprint density at radius 2 is 1.77 bits per heavy atom. The van der Waals surface area contributed by atoms with Crippen LogP contribution in [0.4, 0.5) is 4.39 Å². The van der Waals surface area contributed by atoms with Gasteiger partial charge in [0.15, 0.2) is 8.32 Å². The summed E-state index contributed by atoms with van der Waals surface area (Å²) in [6, 6.07) is 9.54. The first kappa shape index (κ1) is 29.1. The number of benzene rings is 2. The number of carbonyl (C=O) groups is 1. The number of carboxylic acids is 1. The molecule has 35 heavy (non-hydrogen) atoms. The lowest BCUT2D eigenvalue weighted by atomic mass is 10.0. The maximum absolute atomic E-state index is 14.2. The van der Waals surface area contributed by atoms with Crippen molar-refractivity contribution >= 4 is 25.9 Å². The van der Waals surface area contributed by atoms with Crippen molar-refractivity contribution in [2.24, 2.45) is 0 Å². The number of halogens is 2. The van der Waals surface area contributed by atoms with Crippen molar-refractivity contribution in [1.82, 2.24) is 5.32 Å². The second-order valence-corrected chi connectivity index (χ2v) is 15.3. The molecular weight excluding hydrogens is 489 g/mol. The highest BCUT2D eigenvalue weighted by atomic mass is 35.5. The first-order chi connectivity index (χ1) is 16.2. The lowest BCUT2D eigenvalue weighted by molar-refractivity contribution is -0.145. The van der Waals surface area contributed by atoms with Crippen LogP contribution in [0, 0.1) is 5.82 Å². The molecule has 0 bridgehead atoms. The van der Waals surface area contributed by atoms with Crippen LogP contribution in [0.25, 0.3) is 0 Å². The van der Waals surface area contributed by atoms with Gasteiger partial charge in [-0.3, -0.25) is 0 Å². The first-order valence-electron chi connectivity index (χ1n) is 11.6. The number of ether oxygens (including phenoxy) is 2. The van der Waals surface area contributed by atoms with Gasteiger partial charge in [0.2, 0.25) is 0 Å². The molecule has 0 unspecified atom stereocenters. The van der Waals surface area contributed by atoms with E-state index in [4.69, 9.17) is 25.5 Å². The lowest BCUT2D eigenvalue weighted by Gasteiger charge is -2.38. The smallest absolute Gasteiger partial charge is 0.331 e. The van der Waals surface area contributed by atoms with Crippen LogP contribution in [0.3, 0.4) is 0 Å². The van der Waals surface area contributed by atoms with Crippen molar-refractivity contribution in [3.63, 3.8) is 0 Å². The predicted octanol–water partition coefficient (Wildman–Crippen LogP) is 6.58. The van der Waals surface area contributed by atoms with Gasteiger partial charge in [-0.05, 0) is 80.0 Å². The monoisotopic (exact) mass is 525 g/mol. The molecule has 0 spiro atoms. The van der Waals surface area contributed by atoms with Crippen molar-refractivity contribution < 1.29 is 28.2 Å². The van der Waals surface area contributed by atoms with Gasteiger partial charge in [-0.25, -0.2) is 9.18 Å². The van der Waals surface area contributed by atoms with Crippen molar-refractivity contribution in [1.29, 1.82) is 0 Å². The van der Waals surface area contributed by atoms with Crippen LogP contribution >= 0.6 is 11.6 Å². The highest BCUT2D eigenvalue weighted by Gasteiger charge is 2.40. The number of aliphatic carboxylic acids is 1. The molecule has 0 saturated carbocycles. The maximum Gasteiger partial charge on any atom is 0.331 e. The average molecular weight is 526 g/mol. The van der Waals surface area contributed by atoms with Gasteiger partial charge in [0.1, 0.15) is 30.0 Å². The molecule has 0 heterocycles. The summed E-state index contributed by atoms with van der Waals surface area (Å²) in [5.74, 6) is -0.0825. The molecule has 2 rings (SSSR count). The summed E-state index contributed by atoms with van der Waals surface area (Å²) in [4.78, 5) is 11.8. The fourth-order valence-electron chi connectivity index (χ4n) is 3.30. The molecule has 0 radical (unpaired) electrons. The minimum atomic E-state index is -2.24. The fraction of sp³-hybridized carbons (Fsp3) is 0.500. The van der Waals surface area contributed by atoms with E-state index < -0.39 is 26.2 Å². The van der Waals surface area contributed by atoms with Crippen LogP contribution in [0.1, 0.15) is 51.3 Å². The Morgan fingerprint density at radius 1 is 1.17 bits per heavy atom. The van der Waals surface area contributed by atoms with Crippen molar-refractivity contribution in [2.75, 3.05) is 13.7 Å². The zero-order valence-electron chi connectivity index (χ0n) is 21.6. The number of hydrogen-bond acceptors (Lipinski definition) is 5. The summed E-state index contributed by atoms with van der Waals surface area (Å²) in [5.41, 5.74) is 1.32. The zero-order valence-corrected chi connectivity index (χ0v) is 23.3. The normalized spacial score (nSPS) is 13.9. The third-order valence-electron chi connectivity index (χ3n) is 6.48. The molecule has 2 N–H and O–H groups in total. The van der Waals surface area contributed by atoms with Crippen molar-refractivity contribution in [3.05, 3.63) is 58.4 Å². The molecule has 0 amide bonds. The lowest BCUT2D eigenvalue weighted by Crippen LogP contribution is -2.46. The minimum Gasteiger partial charge on any atom is -0.497 e. The molecule has 0 fully saturated rings. The van der Waals surface area contributed by atoms with Gasteiger partial charge in [-0.2, -0.15) is 0 Å². The molecule has 2 atom stereocenters. The van der Waals surface area contributed by atoms with Gasteiger partial charge < -0.3 is 24.3 Å². The molecule has 0 saturated heterocycles. The topological polar surface area (TPSA) is 77.0 Å². The molecule has 6 nitrogen and oxygen atoms in total. The van der Waals surface area contributed by atoms with E-state index in [0.29, 0.717) is 29.2 Å². The number of nitrogens with one attached hydrogen (secondary N) is 1. The zero-order chi connectivity index (χ0) is 26.4. The van der Waals surface area contributed by atoms with Crippen LogP contribution in [0.2, 0.25) is 23.2 Å². The summed E-state index contributed by atoms with van der Waals surface area (Å²) >= 11 is 6.37. The third-order valence-corrected chi connectivity index (χ3v) is 11.3. The Labute approximate surface area is 213 Å². The Hall–Kier alpha value is -2.13. The Morgan fingerprint density at radius 3 is 2.31 bits per heavy atom. The van der Waals surface area contributed by atoms with Crippen molar-refractivity contribution in [3.8, 4) is 11.5 Å². The third kappa shape index (κ3) is 8.20. The average Bonchev–Trinajstić information content (AvgIpc) is 2.76. The molecular formula is C26H37ClFNO5Si. The van der Waals surface area contributed by atoms with Gasteiger partial charge in [-0.15, -0.1) is 0 Å². The van der Waals surface area contributed by atoms with E-state index in [2.05, 4.69) is 26.1 Å². The standard InChI is InChI=1S/C26H37ClFNO5Si/c1-17(29-13-12-24(25(30)31)34-35(6,7)26(2,3)4)21-14-18(28)15-23(27)22(21)16-33-20-10-8-19(32-5)9-11-20/h8-11,14-15,17,24,29H,12-13,16H2,1-7H3,(H,30,31)/t17-,24-/m0/s1. The number of methoxy groups -OCH3 is 1. The fourth-order valence-corrected chi connectivity index (χ4v) is 4.85. The number of carboxylic acid groups (broad SMARTS) is 1. The maximum atomic E-state index is 14.2. The largest absolute Gasteiger partial charge is 0.497 e. The molecule has 0 aliphatic carbocycles. The molecule has 0 aliphatic heterocycles. The molecule has 0 aromatic heterocycles. The van der Waals surface area contributed by atoms with Crippen LogP contribution in [-0.2, 0) is 15.8 Å². The summed E-state index contributed by atoms with van der Waals surface area (Å²) in [5, 5.41) is 13.2. The van der Waals surface area contributed by atoms with Gasteiger partial charge >= 0.3 is 5.97 Å². The van der Waals surface area contributed by atoms with Crippen molar-refractivity contribution in [2.45, 2.75) is 71.0 Å². The SMILES string of the molecule is COc1ccc(OCc2c(Cl)cc(F)cc2[C@H](C)NCC[C@H](O[Si](C)(C)C(C)(C)C)C(=O)O)cc1. The Bertz CT molecular complexity index is 994. The molecule has 194 valence electrons. The minimum absolute atomic E-state index is 0.0987. The van der Waals surface area contributed by atoms with E-state index in [9.17, 15) is 14.3 Å². The quantitative estimate of drug-likeness (QED) is 0.305. The van der Waals surface area contributed by atoms with E-state index in [1.165, 1.54) is 12.1 Å². The first-order valence-corrected chi connectivity index (χ1v) is 14.9. The van der Waals surface area contributed by atoms with E-state index >= 15 is 0 Å². The second-order valence-electron chi connectivity index (χ2n) is 10.1. The highest BCUT2D eigenvalue weighted by Crippen LogP contribution is 2.37. The van der Waals surface area contributed by atoms with Crippen LogP contribution in [0.5, 0.6) is 11.5 Å². The number of hydrogen-bond donors (Lipinski definition) is 2. The summed E-state index contributed by atoms with van der Waals surface area (Å²) in [6.07, 6.45) is -0.628. The number of rotatable bonds is 12. The van der Waals surface area contributed by atoms with Gasteiger partial charge in [0.05, 0.1) is 12.1 Å². The second kappa shape index (κ2) is 12.2. The predicted molar refractivity (Wildman–Crippen MR) is 139 cm³/mol. The van der Waals surface area contributed by atoms with E-state index in [-0.39, 0.29) is 29.1 Å². The van der Waals surface area contributed by atoms with Gasteiger partial charge in [-0.1, -0.05) is 32.4 Å². The Balaban J connectivity index is 2.08. The van der Waals surface area contributed by atoms with Crippen LogP contribution < -0.4 is 14.8 Å². The van der Waals surface area contributed by atoms with Gasteiger partial charge in [0, 0.05) is 11.6 Å².